The van der Waals surface area contributed by atoms with E-state index < -0.39 is 5.60 Å². The van der Waals surface area contributed by atoms with E-state index in [9.17, 15) is 5.11 Å². The van der Waals surface area contributed by atoms with Gasteiger partial charge in [0.05, 0.1) is 5.60 Å². The third-order valence-corrected chi connectivity index (χ3v) is 4.79. The maximum atomic E-state index is 10.9. The van der Waals surface area contributed by atoms with Crippen molar-refractivity contribution in [3.05, 3.63) is 35.4 Å². The van der Waals surface area contributed by atoms with Crippen molar-refractivity contribution in [1.29, 1.82) is 0 Å². The molecule has 1 aliphatic carbocycles. The molecule has 0 heterocycles. The molecule has 0 amide bonds. The average Bonchev–Trinajstić information content (AvgIpc) is 2.54. The molecular weight excluding hydrogens is 220 g/mol. The summed E-state index contributed by atoms with van der Waals surface area (Å²) >= 11 is 0. The molecule has 1 aromatic carbocycles. The smallest absolute Gasteiger partial charge is 0.0738 e. The molecule has 1 aliphatic rings. The summed E-state index contributed by atoms with van der Waals surface area (Å²) in [7, 11) is 0. The van der Waals surface area contributed by atoms with Crippen LogP contribution >= 0.6 is 0 Å². The van der Waals surface area contributed by atoms with Crippen LogP contribution < -0.4 is 0 Å². The predicted octanol–water partition coefficient (Wildman–Crippen LogP) is 4.29. The molecule has 1 heteroatoms. The third kappa shape index (κ3) is 2.47. The molecular formula is C17H26O. The van der Waals surface area contributed by atoms with Crippen LogP contribution in [-0.2, 0) is 6.42 Å². The van der Waals surface area contributed by atoms with E-state index in [-0.39, 0.29) is 5.41 Å². The molecule has 1 N–H and O–H groups in total. The lowest BCUT2D eigenvalue weighted by molar-refractivity contribution is -0.0419. The highest BCUT2D eigenvalue weighted by Gasteiger charge is 2.47. The molecule has 1 nitrogen and oxygen atoms in total. The van der Waals surface area contributed by atoms with E-state index in [1.165, 1.54) is 11.1 Å². The normalized spacial score (nSPS) is 26.8. The molecule has 2 rings (SSSR count). The van der Waals surface area contributed by atoms with Crippen LogP contribution in [0.1, 0.15) is 64.0 Å². The predicted molar refractivity (Wildman–Crippen MR) is 76.8 cm³/mol. The van der Waals surface area contributed by atoms with Gasteiger partial charge >= 0.3 is 0 Å². The molecule has 1 saturated carbocycles. The summed E-state index contributed by atoms with van der Waals surface area (Å²) in [6, 6.07) is 8.76. The van der Waals surface area contributed by atoms with Crippen molar-refractivity contribution in [1.82, 2.24) is 0 Å². The summed E-state index contributed by atoms with van der Waals surface area (Å²) in [5.74, 6) is 0.574. The second kappa shape index (κ2) is 4.70. The van der Waals surface area contributed by atoms with E-state index in [0.717, 1.165) is 25.7 Å². The van der Waals surface area contributed by atoms with Gasteiger partial charge in [0.1, 0.15) is 0 Å². The van der Waals surface area contributed by atoms with Gasteiger partial charge in [-0.25, -0.2) is 0 Å². The van der Waals surface area contributed by atoms with Gasteiger partial charge in [-0.05, 0) is 41.7 Å². The van der Waals surface area contributed by atoms with Crippen LogP contribution in [0.2, 0.25) is 0 Å². The van der Waals surface area contributed by atoms with Gasteiger partial charge in [-0.15, -0.1) is 0 Å². The minimum atomic E-state index is -0.521. The highest BCUT2D eigenvalue weighted by molar-refractivity contribution is 5.26. The van der Waals surface area contributed by atoms with Crippen molar-refractivity contribution >= 4 is 0 Å². The Morgan fingerprint density at radius 3 is 2.17 bits per heavy atom. The maximum absolute atomic E-state index is 10.9. The van der Waals surface area contributed by atoms with E-state index >= 15 is 0 Å². The SMILES string of the molecule is CC(C)c1ccc(CC2(O)CCCC2(C)C)cc1. The summed E-state index contributed by atoms with van der Waals surface area (Å²) in [4.78, 5) is 0. The second-order valence-electron chi connectivity index (χ2n) is 6.84. The Balaban J connectivity index is 2.14. The lowest BCUT2D eigenvalue weighted by Crippen LogP contribution is -2.41. The molecule has 0 aliphatic heterocycles. The Morgan fingerprint density at radius 1 is 1.11 bits per heavy atom. The first-order chi connectivity index (χ1) is 8.34. The Kier molecular flexibility index (Phi) is 3.55. The zero-order valence-electron chi connectivity index (χ0n) is 12.2. The molecule has 0 radical (unpaired) electrons. The van der Waals surface area contributed by atoms with Crippen LogP contribution in [0.5, 0.6) is 0 Å². The molecule has 1 atom stereocenters. The largest absolute Gasteiger partial charge is 0.389 e. The molecule has 1 fully saturated rings. The van der Waals surface area contributed by atoms with Crippen molar-refractivity contribution in [2.75, 3.05) is 0 Å². The van der Waals surface area contributed by atoms with E-state index in [1.807, 2.05) is 0 Å². The average molecular weight is 246 g/mol. The van der Waals surface area contributed by atoms with E-state index in [1.54, 1.807) is 0 Å². The molecule has 0 spiro atoms. The van der Waals surface area contributed by atoms with Crippen LogP contribution in [0.3, 0.4) is 0 Å². The topological polar surface area (TPSA) is 20.2 Å². The monoisotopic (exact) mass is 246 g/mol. The van der Waals surface area contributed by atoms with Gasteiger partial charge in [0.25, 0.3) is 0 Å². The third-order valence-electron chi connectivity index (χ3n) is 4.79. The fraction of sp³-hybridized carbons (Fsp3) is 0.647. The quantitative estimate of drug-likeness (QED) is 0.843. The van der Waals surface area contributed by atoms with Gasteiger partial charge in [-0.3, -0.25) is 0 Å². The second-order valence-corrected chi connectivity index (χ2v) is 6.84. The first-order valence-corrected chi connectivity index (χ1v) is 7.15. The molecule has 1 unspecified atom stereocenters. The maximum Gasteiger partial charge on any atom is 0.0738 e. The van der Waals surface area contributed by atoms with E-state index in [4.69, 9.17) is 0 Å². The number of aliphatic hydroxyl groups is 1. The van der Waals surface area contributed by atoms with Crippen LogP contribution in [0.25, 0.3) is 0 Å². The van der Waals surface area contributed by atoms with Gasteiger partial charge in [0.15, 0.2) is 0 Å². The molecule has 18 heavy (non-hydrogen) atoms. The lowest BCUT2D eigenvalue weighted by atomic mass is 9.74. The van der Waals surface area contributed by atoms with E-state index in [0.29, 0.717) is 5.92 Å². The van der Waals surface area contributed by atoms with Crippen LogP contribution in [0.4, 0.5) is 0 Å². The van der Waals surface area contributed by atoms with Crippen LogP contribution in [0, 0.1) is 5.41 Å². The minimum Gasteiger partial charge on any atom is -0.389 e. The van der Waals surface area contributed by atoms with Gasteiger partial charge < -0.3 is 5.11 Å². The summed E-state index contributed by atoms with van der Waals surface area (Å²) in [5.41, 5.74) is 2.16. The summed E-state index contributed by atoms with van der Waals surface area (Å²) in [6.45, 7) is 8.82. The van der Waals surface area contributed by atoms with Crippen LogP contribution in [-0.4, -0.2) is 10.7 Å². The number of benzene rings is 1. The zero-order chi connectivity index (χ0) is 13.4. The highest BCUT2D eigenvalue weighted by Crippen LogP contribution is 2.47. The highest BCUT2D eigenvalue weighted by atomic mass is 16.3. The number of hydrogen-bond acceptors (Lipinski definition) is 1. The fourth-order valence-electron chi connectivity index (χ4n) is 3.08. The van der Waals surface area contributed by atoms with Crippen LogP contribution in [0.15, 0.2) is 24.3 Å². The standard InChI is InChI=1S/C17H26O/c1-13(2)15-8-6-14(7-9-15)12-17(18)11-5-10-16(17,3)4/h6-9,13,18H,5,10-12H2,1-4H3. The van der Waals surface area contributed by atoms with E-state index in [2.05, 4.69) is 52.0 Å². The molecule has 0 bridgehead atoms. The Morgan fingerprint density at radius 2 is 1.72 bits per heavy atom. The summed E-state index contributed by atoms with van der Waals surface area (Å²) in [6.07, 6.45) is 4.01. The zero-order valence-corrected chi connectivity index (χ0v) is 12.2. The molecule has 0 saturated heterocycles. The van der Waals surface area contributed by atoms with Crippen molar-refractivity contribution in [3.63, 3.8) is 0 Å². The Bertz CT molecular complexity index is 402. The Labute approximate surface area is 111 Å². The first kappa shape index (κ1) is 13.6. The van der Waals surface area contributed by atoms with Crippen molar-refractivity contribution in [3.8, 4) is 0 Å². The first-order valence-electron chi connectivity index (χ1n) is 7.15. The molecule has 0 aromatic heterocycles. The van der Waals surface area contributed by atoms with Crippen molar-refractivity contribution in [2.45, 2.75) is 64.9 Å². The van der Waals surface area contributed by atoms with Gasteiger partial charge in [-0.1, -0.05) is 52.0 Å². The fourth-order valence-corrected chi connectivity index (χ4v) is 3.08. The van der Waals surface area contributed by atoms with Crippen molar-refractivity contribution < 1.29 is 5.11 Å². The molecule has 1 aromatic rings. The summed E-state index contributed by atoms with van der Waals surface area (Å²) in [5, 5.41) is 10.9. The summed E-state index contributed by atoms with van der Waals surface area (Å²) < 4.78 is 0. The minimum absolute atomic E-state index is 0.0454. The van der Waals surface area contributed by atoms with Gasteiger partial charge in [0, 0.05) is 6.42 Å². The van der Waals surface area contributed by atoms with Gasteiger partial charge in [-0.2, -0.15) is 0 Å². The number of hydrogen-bond donors (Lipinski definition) is 1. The van der Waals surface area contributed by atoms with Gasteiger partial charge in [0.2, 0.25) is 0 Å². The van der Waals surface area contributed by atoms with Crippen molar-refractivity contribution in [2.24, 2.45) is 5.41 Å². The Hall–Kier alpha value is -0.820. The number of rotatable bonds is 3. The lowest BCUT2D eigenvalue weighted by Gasteiger charge is -2.37. The molecule has 100 valence electrons.